The number of hydrogen-bond donors (Lipinski definition) is 3. The number of nitrogens with one attached hydrogen (secondary N) is 3. The van der Waals surface area contributed by atoms with Crippen molar-refractivity contribution in [2.24, 2.45) is 0 Å². The number of allylic oxidation sites excluding steroid dienone is 1. The maximum Gasteiger partial charge on any atom is 0.416 e. The predicted molar refractivity (Wildman–Crippen MR) is 151 cm³/mol. The predicted octanol–water partition coefficient (Wildman–Crippen LogP) is 5.78. The molecule has 5 rings (SSSR count). The lowest BCUT2D eigenvalue weighted by Gasteiger charge is -2.21. The largest absolute Gasteiger partial charge is 0.416 e. The van der Waals surface area contributed by atoms with E-state index in [1.54, 1.807) is 43.4 Å². The number of carbonyl (C=O) groups is 2. The van der Waals surface area contributed by atoms with Crippen LogP contribution in [0.4, 0.5) is 40.8 Å². The number of aromatic nitrogens is 3. The molecule has 0 saturated heterocycles. The third kappa shape index (κ3) is 5.64. The Balaban J connectivity index is 1.37. The van der Waals surface area contributed by atoms with Crippen molar-refractivity contribution in [3.8, 4) is 0 Å². The Morgan fingerprint density at radius 1 is 1.05 bits per heavy atom. The van der Waals surface area contributed by atoms with Crippen LogP contribution in [0.1, 0.15) is 28.4 Å². The van der Waals surface area contributed by atoms with Crippen molar-refractivity contribution in [3.05, 3.63) is 83.6 Å². The highest BCUT2D eigenvalue weighted by molar-refractivity contribution is 6.08. The second-order valence-electron chi connectivity index (χ2n) is 9.76. The van der Waals surface area contributed by atoms with Gasteiger partial charge in [-0.2, -0.15) is 13.2 Å². The zero-order valence-corrected chi connectivity index (χ0v) is 22.7. The quantitative estimate of drug-likeness (QED) is 0.284. The molecule has 3 N–H and O–H groups in total. The van der Waals surface area contributed by atoms with E-state index in [2.05, 4.69) is 25.6 Å². The summed E-state index contributed by atoms with van der Waals surface area (Å²) in [4.78, 5) is 42.4. The fraction of sp³-hybridized carbons (Fsp3) is 0.214. The van der Waals surface area contributed by atoms with Crippen LogP contribution < -0.4 is 20.4 Å². The molecule has 4 aromatic rings. The zero-order valence-electron chi connectivity index (χ0n) is 22.7. The second kappa shape index (κ2) is 10.5. The van der Waals surface area contributed by atoms with Crippen LogP contribution in [0.5, 0.6) is 0 Å². The normalized spacial score (nSPS) is 13.4. The number of halogens is 3. The fourth-order valence-electron chi connectivity index (χ4n) is 4.40. The van der Waals surface area contributed by atoms with Crippen LogP contribution in [-0.4, -0.2) is 52.6 Å². The van der Waals surface area contributed by atoms with Crippen LogP contribution in [0.15, 0.2) is 66.9 Å². The number of benzene rings is 2. The number of urea groups is 1. The topological polar surface area (TPSA) is 109 Å². The van der Waals surface area contributed by atoms with Gasteiger partial charge in [-0.15, -0.1) is 0 Å². The summed E-state index contributed by atoms with van der Waals surface area (Å²) in [5, 5.41) is 6.01. The van der Waals surface area contributed by atoms with Gasteiger partial charge in [-0.1, -0.05) is 6.07 Å². The Hall–Kier alpha value is -5.07. The molecule has 41 heavy (non-hydrogen) atoms. The van der Waals surface area contributed by atoms with E-state index in [9.17, 15) is 22.8 Å². The molecule has 2 aromatic carbocycles. The number of rotatable bonds is 5. The Kier molecular flexibility index (Phi) is 7.03. The first kappa shape index (κ1) is 27.5. The molecular weight excluding hydrogens is 537 g/mol. The van der Waals surface area contributed by atoms with Gasteiger partial charge in [0.25, 0.3) is 5.91 Å². The zero-order chi connectivity index (χ0) is 29.5. The second-order valence-corrected chi connectivity index (χ2v) is 9.76. The lowest BCUT2D eigenvalue weighted by molar-refractivity contribution is -0.137. The molecule has 0 bridgehead atoms. The number of amides is 3. The van der Waals surface area contributed by atoms with Gasteiger partial charge in [0.15, 0.2) is 0 Å². The summed E-state index contributed by atoms with van der Waals surface area (Å²) in [6.07, 6.45) is 0.167. The minimum Gasteiger partial charge on any atom is -0.359 e. The number of carbonyl (C=O) groups excluding carboxylic acids is 2. The average molecular weight is 565 g/mol. The number of aromatic amines is 1. The molecule has 0 radical (unpaired) electrons. The molecule has 3 amide bonds. The molecule has 0 spiro atoms. The molecule has 10 nitrogen and oxygen atoms in total. The number of anilines is 4. The summed E-state index contributed by atoms with van der Waals surface area (Å²) >= 11 is 0. The molecule has 0 atom stereocenters. The first-order chi connectivity index (χ1) is 19.4. The molecule has 1 aliphatic heterocycles. The van der Waals surface area contributed by atoms with Gasteiger partial charge >= 0.3 is 12.2 Å². The molecule has 13 heteroatoms. The summed E-state index contributed by atoms with van der Waals surface area (Å²) in [5.41, 5.74) is 2.06. The highest BCUT2D eigenvalue weighted by atomic mass is 19.4. The molecule has 0 aliphatic carbocycles. The van der Waals surface area contributed by atoms with Gasteiger partial charge in [0, 0.05) is 54.8 Å². The van der Waals surface area contributed by atoms with E-state index in [0.717, 1.165) is 17.8 Å². The van der Waals surface area contributed by atoms with Crippen LogP contribution >= 0.6 is 0 Å². The van der Waals surface area contributed by atoms with Crippen LogP contribution in [0.25, 0.3) is 11.0 Å². The molecule has 0 saturated carbocycles. The van der Waals surface area contributed by atoms with Gasteiger partial charge in [0.1, 0.15) is 17.8 Å². The monoisotopic (exact) mass is 564 g/mol. The van der Waals surface area contributed by atoms with Crippen molar-refractivity contribution in [1.29, 1.82) is 0 Å². The number of H-pyrrole nitrogens is 1. The van der Waals surface area contributed by atoms with E-state index < -0.39 is 23.7 Å². The third-order valence-electron chi connectivity index (χ3n) is 6.84. The maximum absolute atomic E-state index is 13.7. The molecule has 0 fully saturated rings. The minimum atomic E-state index is -4.61. The van der Waals surface area contributed by atoms with E-state index in [1.165, 1.54) is 29.4 Å². The first-order valence-electron chi connectivity index (χ1n) is 12.5. The van der Waals surface area contributed by atoms with Crippen LogP contribution in [0.2, 0.25) is 0 Å². The van der Waals surface area contributed by atoms with Crippen molar-refractivity contribution >= 4 is 45.9 Å². The standard InChI is InChI=1S/C28H27F3N8O2/c1-16-5-6-18(9-23(16)36-27(41)38(4)25-22-7-8-32-24(22)33-14-34-25)26(40)35-20-10-19(28(29,30)31)11-21(12-20)39-13-17(2)37(3)15-39/h5-14H,15H2,1-4H3,(H,35,40)(H,36,41)(H,32,33,34). The van der Waals surface area contributed by atoms with Crippen LogP contribution in [0, 0.1) is 6.92 Å². The van der Waals surface area contributed by atoms with Gasteiger partial charge in [-0.05, 0) is 55.8 Å². The van der Waals surface area contributed by atoms with Crippen LogP contribution in [0.3, 0.4) is 0 Å². The molecule has 0 unspecified atom stereocenters. The number of alkyl halides is 3. The van der Waals surface area contributed by atoms with Crippen molar-refractivity contribution < 1.29 is 22.8 Å². The first-order valence-corrected chi connectivity index (χ1v) is 12.5. The Bertz CT molecular complexity index is 1680. The van der Waals surface area contributed by atoms with E-state index in [4.69, 9.17) is 0 Å². The van der Waals surface area contributed by atoms with Crippen molar-refractivity contribution in [2.75, 3.05) is 41.2 Å². The van der Waals surface area contributed by atoms with Gasteiger partial charge in [0.2, 0.25) is 0 Å². The Morgan fingerprint density at radius 3 is 2.54 bits per heavy atom. The molecular formula is C28H27F3N8O2. The summed E-state index contributed by atoms with van der Waals surface area (Å²) in [7, 11) is 3.39. The van der Waals surface area contributed by atoms with Gasteiger partial charge in [0.05, 0.1) is 17.6 Å². The summed E-state index contributed by atoms with van der Waals surface area (Å²) in [6.45, 7) is 3.99. The molecule has 3 heterocycles. The molecule has 1 aliphatic rings. The fourth-order valence-corrected chi connectivity index (χ4v) is 4.40. The van der Waals surface area contributed by atoms with E-state index >= 15 is 0 Å². The van der Waals surface area contributed by atoms with E-state index in [-0.39, 0.29) is 11.3 Å². The van der Waals surface area contributed by atoms with E-state index in [0.29, 0.717) is 40.5 Å². The minimum absolute atomic E-state index is 0.00870. The molecule has 212 valence electrons. The van der Waals surface area contributed by atoms with Gasteiger partial charge in [-0.25, -0.2) is 14.8 Å². The Morgan fingerprint density at radius 2 is 1.83 bits per heavy atom. The highest BCUT2D eigenvalue weighted by Crippen LogP contribution is 2.36. The lowest BCUT2D eigenvalue weighted by Crippen LogP contribution is -2.32. The number of fused-ring (bicyclic) bond motifs is 1. The third-order valence-corrected chi connectivity index (χ3v) is 6.84. The summed E-state index contributed by atoms with van der Waals surface area (Å²) < 4.78 is 41.1. The summed E-state index contributed by atoms with van der Waals surface area (Å²) in [6, 6.07) is 9.33. The van der Waals surface area contributed by atoms with Crippen molar-refractivity contribution in [2.45, 2.75) is 20.0 Å². The van der Waals surface area contributed by atoms with Gasteiger partial charge in [-0.3, -0.25) is 9.69 Å². The van der Waals surface area contributed by atoms with Crippen LogP contribution in [-0.2, 0) is 6.18 Å². The smallest absolute Gasteiger partial charge is 0.359 e. The number of aryl methyl sites for hydroxylation is 1. The molecule has 2 aromatic heterocycles. The maximum atomic E-state index is 13.7. The highest BCUT2D eigenvalue weighted by Gasteiger charge is 2.32. The van der Waals surface area contributed by atoms with E-state index in [1.807, 2.05) is 18.9 Å². The number of nitrogens with zero attached hydrogens (tertiary/aromatic N) is 5. The Labute approximate surface area is 233 Å². The average Bonchev–Trinajstić information content (AvgIpc) is 3.54. The van der Waals surface area contributed by atoms with Gasteiger partial charge < -0.3 is 25.4 Å². The summed E-state index contributed by atoms with van der Waals surface area (Å²) in [5.74, 6) is -0.246. The lowest BCUT2D eigenvalue weighted by atomic mass is 10.1. The SMILES string of the molecule is CC1=CN(c2cc(NC(=O)c3ccc(C)c(NC(=O)N(C)c4ncnc5[nH]ccc45)c3)cc(C(F)(F)F)c2)CN1C. The van der Waals surface area contributed by atoms with Crippen molar-refractivity contribution in [1.82, 2.24) is 19.9 Å². The number of hydrogen-bond acceptors (Lipinski definition) is 6. The van der Waals surface area contributed by atoms with Crippen molar-refractivity contribution in [3.63, 3.8) is 0 Å².